The average molecular weight is 286 g/mol. The van der Waals surface area contributed by atoms with E-state index in [-0.39, 0.29) is 6.17 Å². The number of nitrogens with zero attached hydrogens (tertiary/aromatic N) is 1. The Kier molecular flexibility index (Phi) is 3.08. The lowest BCUT2D eigenvalue weighted by Crippen LogP contribution is -2.23. The molecule has 1 unspecified atom stereocenters. The highest BCUT2D eigenvalue weighted by atomic mass is 15.3. The summed E-state index contributed by atoms with van der Waals surface area (Å²) in [6.45, 7) is 2.17. The number of nitrogens with one attached hydrogen (secondary N) is 1. The van der Waals surface area contributed by atoms with Crippen molar-refractivity contribution < 1.29 is 0 Å². The molecule has 3 aromatic carbocycles. The molecule has 0 saturated carbocycles. The third-order valence-corrected chi connectivity index (χ3v) is 4.18. The van der Waals surface area contributed by atoms with Crippen LogP contribution in [0.15, 0.2) is 78.9 Å². The van der Waals surface area contributed by atoms with Crippen LogP contribution in [0.5, 0.6) is 0 Å². The fraction of sp³-hybridized carbons (Fsp3) is 0.100. The molecule has 1 N–H and O–H groups in total. The van der Waals surface area contributed by atoms with Crippen LogP contribution in [0.4, 0.5) is 17.1 Å². The van der Waals surface area contributed by atoms with E-state index < -0.39 is 0 Å². The third kappa shape index (κ3) is 2.04. The Bertz CT molecular complexity index is 781. The highest BCUT2D eigenvalue weighted by Gasteiger charge is 2.31. The number of para-hydroxylation sites is 2. The summed E-state index contributed by atoms with van der Waals surface area (Å²) in [5.41, 5.74) is 6.21. The zero-order valence-electron chi connectivity index (χ0n) is 12.5. The van der Waals surface area contributed by atoms with E-state index in [2.05, 4.69) is 96.0 Å². The molecule has 0 amide bonds. The van der Waals surface area contributed by atoms with E-state index in [4.69, 9.17) is 0 Å². The molecule has 22 heavy (non-hydrogen) atoms. The Morgan fingerprint density at radius 1 is 0.773 bits per heavy atom. The normalized spacial score (nSPS) is 16.2. The Hall–Kier alpha value is -2.74. The molecule has 0 radical (unpaired) electrons. The van der Waals surface area contributed by atoms with Crippen LogP contribution in [0.25, 0.3) is 0 Å². The van der Waals surface area contributed by atoms with Gasteiger partial charge < -0.3 is 10.2 Å². The molecule has 0 saturated heterocycles. The van der Waals surface area contributed by atoms with Crippen molar-refractivity contribution in [3.63, 3.8) is 0 Å². The number of benzene rings is 3. The number of rotatable bonds is 2. The minimum atomic E-state index is 0.125. The Morgan fingerprint density at radius 3 is 2.18 bits per heavy atom. The predicted molar refractivity (Wildman–Crippen MR) is 92.6 cm³/mol. The van der Waals surface area contributed by atoms with Crippen LogP contribution in [-0.4, -0.2) is 0 Å². The van der Waals surface area contributed by atoms with E-state index >= 15 is 0 Å². The van der Waals surface area contributed by atoms with Gasteiger partial charge in [0.1, 0.15) is 6.17 Å². The first-order valence-electron chi connectivity index (χ1n) is 7.60. The number of hydrogen-bond acceptors (Lipinski definition) is 2. The van der Waals surface area contributed by atoms with Gasteiger partial charge in [-0.15, -0.1) is 0 Å². The molecule has 3 aromatic rings. The monoisotopic (exact) mass is 286 g/mol. The maximum absolute atomic E-state index is 3.67. The van der Waals surface area contributed by atoms with E-state index in [1.165, 1.54) is 28.2 Å². The van der Waals surface area contributed by atoms with Gasteiger partial charge in [-0.2, -0.15) is 0 Å². The van der Waals surface area contributed by atoms with E-state index in [1.807, 2.05) is 0 Å². The summed E-state index contributed by atoms with van der Waals surface area (Å²) < 4.78 is 0. The predicted octanol–water partition coefficient (Wildman–Crippen LogP) is 5.26. The summed E-state index contributed by atoms with van der Waals surface area (Å²) in [6.07, 6.45) is 0.125. The van der Waals surface area contributed by atoms with Gasteiger partial charge in [-0.3, -0.25) is 0 Å². The molecule has 2 heteroatoms. The topological polar surface area (TPSA) is 15.3 Å². The molecular formula is C20H18N2. The summed E-state index contributed by atoms with van der Waals surface area (Å²) in [7, 11) is 0. The fourth-order valence-electron chi connectivity index (χ4n) is 3.17. The average Bonchev–Trinajstić information content (AvgIpc) is 2.97. The van der Waals surface area contributed by atoms with E-state index in [9.17, 15) is 0 Å². The molecule has 108 valence electrons. The van der Waals surface area contributed by atoms with Crippen molar-refractivity contribution in [1.29, 1.82) is 0 Å². The summed E-state index contributed by atoms with van der Waals surface area (Å²) in [5, 5.41) is 3.67. The number of hydrogen-bond donors (Lipinski definition) is 1. The highest BCUT2D eigenvalue weighted by molar-refractivity contribution is 5.85. The van der Waals surface area contributed by atoms with Crippen LogP contribution < -0.4 is 10.2 Å². The zero-order chi connectivity index (χ0) is 14.9. The maximum atomic E-state index is 3.67. The zero-order valence-corrected chi connectivity index (χ0v) is 12.5. The summed E-state index contributed by atoms with van der Waals surface area (Å²) in [6, 6.07) is 27.6. The van der Waals surface area contributed by atoms with Gasteiger partial charge in [0, 0.05) is 5.69 Å². The Balaban J connectivity index is 1.89. The van der Waals surface area contributed by atoms with Crippen molar-refractivity contribution in [1.82, 2.24) is 0 Å². The van der Waals surface area contributed by atoms with Crippen LogP contribution in [-0.2, 0) is 0 Å². The molecular weight excluding hydrogens is 268 g/mol. The van der Waals surface area contributed by atoms with Crippen LogP contribution in [0.1, 0.15) is 17.3 Å². The van der Waals surface area contributed by atoms with Crippen LogP contribution >= 0.6 is 0 Å². The van der Waals surface area contributed by atoms with Crippen LogP contribution in [0.2, 0.25) is 0 Å². The van der Waals surface area contributed by atoms with Gasteiger partial charge in [-0.25, -0.2) is 0 Å². The van der Waals surface area contributed by atoms with Crippen molar-refractivity contribution in [2.24, 2.45) is 0 Å². The van der Waals surface area contributed by atoms with Crippen LogP contribution in [0.3, 0.4) is 0 Å². The van der Waals surface area contributed by atoms with Gasteiger partial charge in [-0.05, 0) is 36.2 Å². The first-order chi connectivity index (χ1) is 10.8. The standard InChI is InChI=1S/C20H18N2/c1-15-9-8-14-18-19(15)22(17-12-6-3-7-13-17)20(21-18)16-10-4-2-5-11-16/h2-14,20-21H,1H3. The third-order valence-electron chi connectivity index (χ3n) is 4.18. The molecule has 4 rings (SSSR count). The number of anilines is 3. The number of aryl methyl sites for hydroxylation is 1. The first kappa shape index (κ1) is 13.0. The second kappa shape index (κ2) is 5.23. The largest absolute Gasteiger partial charge is 0.359 e. The summed E-state index contributed by atoms with van der Waals surface area (Å²) >= 11 is 0. The summed E-state index contributed by atoms with van der Waals surface area (Å²) in [5.74, 6) is 0. The van der Waals surface area contributed by atoms with E-state index in [1.54, 1.807) is 0 Å². The second-order valence-electron chi connectivity index (χ2n) is 5.63. The van der Waals surface area contributed by atoms with Gasteiger partial charge in [0.05, 0.1) is 11.4 Å². The van der Waals surface area contributed by atoms with Gasteiger partial charge in [0.15, 0.2) is 0 Å². The quantitative estimate of drug-likeness (QED) is 0.691. The molecule has 1 aliphatic rings. The molecule has 0 bridgehead atoms. The Morgan fingerprint density at radius 2 is 1.45 bits per heavy atom. The second-order valence-corrected chi connectivity index (χ2v) is 5.63. The van der Waals surface area contributed by atoms with Crippen molar-refractivity contribution in [2.45, 2.75) is 13.1 Å². The molecule has 0 spiro atoms. The van der Waals surface area contributed by atoms with Gasteiger partial charge in [0.2, 0.25) is 0 Å². The minimum Gasteiger partial charge on any atom is -0.359 e. The molecule has 1 heterocycles. The van der Waals surface area contributed by atoms with Crippen molar-refractivity contribution in [3.8, 4) is 0 Å². The van der Waals surface area contributed by atoms with Gasteiger partial charge in [0.25, 0.3) is 0 Å². The molecule has 1 atom stereocenters. The molecule has 2 nitrogen and oxygen atoms in total. The van der Waals surface area contributed by atoms with Crippen molar-refractivity contribution in [3.05, 3.63) is 90.0 Å². The van der Waals surface area contributed by atoms with E-state index in [0.717, 1.165) is 0 Å². The SMILES string of the molecule is Cc1cccc2c1N(c1ccccc1)C(c1ccccc1)N2. The van der Waals surface area contributed by atoms with Gasteiger partial charge in [-0.1, -0.05) is 60.7 Å². The van der Waals surface area contributed by atoms with Crippen molar-refractivity contribution >= 4 is 17.1 Å². The van der Waals surface area contributed by atoms with Gasteiger partial charge >= 0.3 is 0 Å². The smallest absolute Gasteiger partial charge is 0.130 e. The lowest BCUT2D eigenvalue weighted by Gasteiger charge is -2.28. The molecule has 0 aromatic heterocycles. The minimum absolute atomic E-state index is 0.125. The lowest BCUT2D eigenvalue weighted by molar-refractivity contribution is 0.826. The number of fused-ring (bicyclic) bond motifs is 1. The highest BCUT2D eigenvalue weighted by Crippen LogP contribution is 2.47. The maximum Gasteiger partial charge on any atom is 0.130 e. The first-order valence-corrected chi connectivity index (χ1v) is 7.60. The lowest BCUT2D eigenvalue weighted by atomic mass is 10.1. The molecule has 0 aliphatic carbocycles. The van der Waals surface area contributed by atoms with E-state index in [0.29, 0.717) is 0 Å². The molecule has 1 aliphatic heterocycles. The van der Waals surface area contributed by atoms with Crippen LogP contribution in [0, 0.1) is 6.92 Å². The fourth-order valence-corrected chi connectivity index (χ4v) is 3.17. The van der Waals surface area contributed by atoms with Crippen molar-refractivity contribution in [2.75, 3.05) is 10.2 Å². The summed E-state index contributed by atoms with van der Waals surface area (Å²) in [4.78, 5) is 2.39. The molecule has 0 fully saturated rings. The Labute approximate surface area is 131 Å².